The van der Waals surface area contributed by atoms with Gasteiger partial charge in [-0.2, -0.15) is 4.31 Å². The van der Waals surface area contributed by atoms with Crippen molar-refractivity contribution in [1.29, 1.82) is 0 Å². The van der Waals surface area contributed by atoms with Crippen LogP contribution in [0.4, 0.5) is 13.2 Å². The van der Waals surface area contributed by atoms with Crippen LogP contribution in [0.25, 0.3) is 0 Å². The molecule has 0 amide bonds. The van der Waals surface area contributed by atoms with Crippen molar-refractivity contribution in [3.8, 4) is 0 Å². The number of benzene rings is 2. The summed E-state index contributed by atoms with van der Waals surface area (Å²) < 4.78 is 91.5. The van der Waals surface area contributed by atoms with Crippen LogP contribution >= 0.6 is 0 Å². The van der Waals surface area contributed by atoms with E-state index in [0.29, 0.717) is 6.07 Å². The predicted octanol–water partition coefficient (Wildman–Crippen LogP) is 2.73. The Hall–Kier alpha value is -1.91. The lowest BCUT2D eigenvalue weighted by atomic mass is 10.2. The Bertz CT molecular complexity index is 1050. The molecule has 5 nitrogen and oxygen atoms in total. The molecule has 3 rings (SSSR count). The summed E-state index contributed by atoms with van der Waals surface area (Å²) in [7, 11) is -8.03. The van der Waals surface area contributed by atoms with Crippen LogP contribution in [-0.4, -0.2) is 39.5 Å². The maximum Gasteiger partial charge on any atom is 0.246 e. The molecule has 0 aromatic heterocycles. The lowest BCUT2D eigenvalue weighted by Gasteiger charge is -2.31. The number of hydrogen-bond donors (Lipinski definition) is 0. The van der Waals surface area contributed by atoms with Gasteiger partial charge < -0.3 is 0 Å². The van der Waals surface area contributed by atoms with Gasteiger partial charge >= 0.3 is 0 Å². The molecule has 1 fully saturated rings. The maximum atomic E-state index is 13.8. The topological polar surface area (TPSA) is 71.5 Å². The summed E-state index contributed by atoms with van der Waals surface area (Å²) in [5.74, 6) is -2.52. The average molecular weight is 419 g/mol. The number of nitrogens with zero attached hydrogens (tertiary/aromatic N) is 1. The molecule has 0 spiro atoms. The van der Waals surface area contributed by atoms with E-state index in [1.807, 2.05) is 0 Å². The molecule has 2 aromatic rings. The summed E-state index contributed by atoms with van der Waals surface area (Å²) in [5.41, 5.74) is 0. The Morgan fingerprint density at radius 1 is 0.815 bits per heavy atom. The van der Waals surface area contributed by atoms with Gasteiger partial charge in [0.25, 0.3) is 0 Å². The van der Waals surface area contributed by atoms with Crippen molar-refractivity contribution in [2.24, 2.45) is 0 Å². The number of hydrogen-bond acceptors (Lipinski definition) is 4. The third-order valence-corrected chi connectivity index (χ3v) is 8.68. The van der Waals surface area contributed by atoms with Crippen LogP contribution in [0.5, 0.6) is 0 Å². The predicted molar refractivity (Wildman–Crippen MR) is 91.7 cm³/mol. The molecule has 0 atom stereocenters. The first-order valence-electron chi connectivity index (χ1n) is 8.07. The third-order valence-electron chi connectivity index (χ3n) is 4.49. The molecule has 27 heavy (non-hydrogen) atoms. The van der Waals surface area contributed by atoms with E-state index >= 15 is 0 Å². The fraction of sp³-hybridized carbons (Fsp3) is 0.294. The van der Waals surface area contributed by atoms with Crippen LogP contribution in [-0.2, 0) is 19.9 Å². The minimum Gasteiger partial charge on any atom is -0.223 e. The lowest BCUT2D eigenvalue weighted by Crippen LogP contribution is -2.42. The van der Waals surface area contributed by atoms with Gasteiger partial charge in [-0.25, -0.2) is 30.0 Å². The molecule has 0 aliphatic carbocycles. The summed E-state index contributed by atoms with van der Waals surface area (Å²) in [6, 6.07) is 6.56. The summed E-state index contributed by atoms with van der Waals surface area (Å²) in [5, 5.41) is -0.841. The maximum absolute atomic E-state index is 13.8. The molecule has 1 saturated heterocycles. The quantitative estimate of drug-likeness (QED) is 0.715. The van der Waals surface area contributed by atoms with Crippen molar-refractivity contribution in [2.45, 2.75) is 27.9 Å². The van der Waals surface area contributed by atoms with Crippen molar-refractivity contribution < 1.29 is 30.0 Å². The highest BCUT2D eigenvalue weighted by Gasteiger charge is 2.36. The van der Waals surface area contributed by atoms with Crippen LogP contribution in [0.15, 0.2) is 52.3 Å². The number of piperidine rings is 1. The summed E-state index contributed by atoms with van der Waals surface area (Å²) in [6.07, 6.45) is -0.00819. The van der Waals surface area contributed by atoms with Crippen LogP contribution in [0.2, 0.25) is 0 Å². The third kappa shape index (κ3) is 3.87. The number of halogens is 3. The van der Waals surface area contributed by atoms with Gasteiger partial charge in [-0.3, -0.25) is 0 Å². The molecular formula is C17H16F3NO4S2. The molecule has 146 valence electrons. The zero-order chi connectivity index (χ0) is 19.8. The van der Waals surface area contributed by atoms with Gasteiger partial charge in [0.15, 0.2) is 9.84 Å². The van der Waals surface area contributed by atoms with Gasteiger partial charge in [0.05, 0.1) is 10.1 Å². The van der Waals surface area contributed by atoms with Crippen molar-refractivity contribution in [3.63, 3.8) is 0 Å². The zero-order valence-corrected chi connectivity index (χ0v) is 15.6. The summed E-state index contributed by atoms with van der Waals surface area (Å²) in [6.45, 7) is -0.299. The Morgan fingerprint density at radius 3 is 1.96 bits per heavy atom. The van der Waals surface area contributed by atoms with Gasteiger partial charge in [0.2, 0.25) is 10.0 Å². The van der Waals surface area contributed by atoms with Crippen LogP contribution < -0.4 is 0 Å². The van der Waals surface area contributed by atoms with E-state index in [1.54, 1.807) is 0 Å². The van der Waals surface area contributed by atoms with Crippen molar-refractivity contribution in [1.82, 2.24) is 4.31 Å². The van der Waals surface area contributed by atoms with E-state index in [-0.39, 0.29) is 30.8 Å². The van der Waals surface area contributed by atoms with Crippen molar-refractivity contribution >= 4 is 19.9 Å². The Morgan fingerprint density at radius 2 is 1.37 bits per heavy atom. The SMILES string of the molecule is O=S(=O)(c1ccc(F)cc1)C1CCN(S(=O)(=O)c2cc(F)ccc2F)CC1. The van der Waals surface area contributed by atoms with Crippen LogP contribution in [0.1, 0.15) is 12.8 Å². The smallest absolute Gasteiger partial charge is 0.223 e. The van der Waals surface area contributed by atoms with Gasteiger partial charge in [-0.1, -0.05) is 0 Å². The second kappa shape index (κ2) is 7.25. The lowest BCUT2D eigenvalue weighted by molar-refractivity contribution is 0.343. The van der Waals surface area contributed by atoms with E-state index in [1.165, 1.54) is 0 Å². The highest BCUT2D eigenvalue weighted by atomic mass is 32.2. The number of sulfonamides is 1. The number of rotatable bonds is 4. The van der Waals surface area contributed by atoms with Crippen molar-refractivity contribution in [2.75, 3.05) is 13.1 Å². The van der Waals surface area contributed by atoms with Gasteiger partial charge in [0.1, 0.15) is 22.3 Å². The molecule has 0 N–H and O–H groups in total. The molecule has 0 bridgehead atoms. The Balaban J connectivity index is 1.78. The summed E-state index contributed by atoms with van der Waals surface area (Å²) in [4.78, 5) is -0.816. The zero-order valence-electron chi connectivity index (χ0n) is 14.0. The molecule has 10 heteroatoms. The first-order chi connectivity index (χ1) is 12.6. The minimum absolute atomic E-state index is 0.00409. The van der Waals surface area contributed by atoms with Crippen molar-refractivity contribution in [3.05, 3.63) is 59.9 Å². The molecular weight excluding hydrogens is 403 g/mol. The molecule has 1 heterocycles. The standard InChI is InChI=1S/C17H16F3NO4S2/c18-12-1-4-14(5-2-12)26(22,23)15-7-9-21(10-8-15)27(24,25)17-11-13(19)3-6-16(17)20/h1-6,11,15H,7-10H2. The van der Waals surface area contributed by atoms with E-state index in [4.69, 9.17) is 0 Å². The van der Waals surface area contributed by atoms with E-state index in [0.717, 1.165) is 40.7 Å². The first kappa shape index (κ1) is 19.8. The number of sulfone groups is 1. The monoisotopic (exact) mass is 419 g/mol. The Kier molecular flexibility index (Phi) is 5.33. The fourth-order valence-electron chi connectivity index (χ4n) is 3.01. The molecule has 0 radical (unpaired) electrons. The van der Waals surface area contributed by atoms with Crippen LogP contribution in [0, 0.1) is 17.5 Å². The van der Waals surface area contributed by atoms with E-state index < -0.39 is 47.5 Å². The van der Waals surface area contributed by atoms with E-state index in [9.17, 15) is 30.0 Å². The average Bonchev–Trinajstić information content (AvgIpc) is 2.64. The molecule has 0 unspecified atom stereocenters. The largest absolute Gasteiger partial charge is 0.246 e. The summed E-state index contributed by atoms with van der Waals surface area (Å²) >= 11 is 0. The minimum atomic E-state index is -4.28. The molecule has 0 saturated carbocycles. The normalized spacial score (nSPS) is 17.1. The Labute approximate surface area is 155 Å². The molecule has 1 aliphatic heterocycles. The van der Waals surface area contributed by atoms with Crippen LogP contribution in [0.3, 0.4) is 0 Å². The second-order valence-corrected chi connectivity index (χ2v) is 10.3. The van der Waals surface area contributed by atoms with E-state index in [2.05, 4.69) is 0 Å². The van der Waals surface area contributed by atoms with Gasteiger partial charge in [-0.05, 0) is 55.3 Å². The first-order valence-corrected chi connectivity index (χ1v) is 11.1. The second-order valence-electron chi connectivity index (χ2n) is 6.18. The van der Waals surface area contributed by atoms with Gasteiger partial charge in [-0.15, -0.1) is 0 Å². The highest BCUT2D eigenvalue weighted by Crippen LogP contribution is 2.28. The molecule has 1 aliphatic rings. The van der Waals surface area contributed by atoms with Gasteiger partial charge in [0, 0.05) is 13.1 Å². The highest BCUT2D eigenvalue weighted by molar-refractivity contribution is 7.92. The fourth-order valence-corrected chi connectivity index (χ4v) is 6.29. The molecule has 2 aromatic carbocycles.